The molecule has 0 fully saturated rings. The Morgan fingerprint density at radius 1 is 1.34 bits per heavy atom. The van der Waals surface area contributed by atoms with Gasteiger partial charge in [0.05, 0.1) is 6.54 Å². The number of rotatable bonds is 10. The van der Waals surface area contributed by atoms with Crippen LogP contribution in [0.2, 0.25) is 0 Å². The maximum Gasteiger partial charge on any atom is 0.263 e. The molecule has 0 spiro atoms. The van der Waals surface area contributed by atoms with Gasteiger partial charge in [0.1, 0.15) is 11.3 Å². The van der Waals surface area contributed by atoms with Crippen LogP contribution in [0, 0.1) is 5.92 Å². The molecule has 3 rings (SSSR count). The Morgan fingerprint density at radius 2 is 2.11 bits per heavy atom. The van der Waals surface area contributed by atoms with Crippen LogP contribution in [0.15, 0.2) is 57.6 Å². The van der Waals surface area contributed by atoms with E-state index in [1.807, 2.05) is 54.9 Å². The number of aryl methyl sites for hydroxylation is 1. The first-order valence-electron chi connectivity index (χ1n) is 11.3. The maximum absolute atomic E-state index is 13.1. The molecule has 0 unspecified atom stereocenters. The third-order valence-electron chi connectivity index (χ3n) is 5.22. The molecule has 1 aliphatic carbocycles. The van der Waals surface area contributed by atoms with Gasteiger partial charge < -0.3 is 9.47 Å². The van der Waals surface area contributed by atoms with Crippen LogP contribution in [0.1, 0.15) is 37.6 Å². The standard InChI is InChI=1S/C25H31ClN6O2S/c1-17(2)13-31(5)23-21(25(34)28-16-33)22(24-27-11-12-30(24)4)32(29-23)14-18(3)15-35-20-8-6-7-19(26)9-10-20/h7-12,15-17H,6,13-14H2,1-5H3,(H,28,33,34)/b18-15+. The number of aromatic nitrogens is 4. The second-order valence-electron chi connectivity index (χ2n) is 8.78. The molecule has 0 saturated carbocycles. The number of carbonyl (C=O) groups excluding carboxylic acids is 2. The fourth-order valence-electron chi connectivity index (χ4n) is 3.74. The number of imide groups is 1. The maximum atomic E-state index is 13.1. The zero-order valence-corrected chi connectivity index (χ0v) is 22.2. The molecule has 0 aromatic carbocycles. The smallest absolute Gasteiger partial charge is 0.263 e. The van der Waals surface area contributed by atoms with Gasteiger partial charge in [-0.3, -0.25) is 19.6 Å². The summed E-state index contributed by atoms with van der Waals surface area (Å²) in [5.41, 5.74) is 1.93. The van der Waals surface area contributed by atoms with Gasteiger partial charge in [-0.25, -0.2) is 4.98 Å². The van der Waals surface area contributed by atoms with E-state index in [2.05, 4.69) is 35.6 Å². The van der Waals surface area contributed by atoms with E-state index in [1.165, 1.54) is 0 Å². The fraction of sp³-hybridized carbons (Fsp3) is 0.360. The van der Waals surface area contributed by atoms with Crippen LogP contribution in [0.25, 0.3) is 11.5 Å². The Balaban J connectivity index is 2.03. The minimum absolute atomic E-state index is 0.324. The number of amides is 2. The lowest BCUT2D eigenvalue weighted by Gasteiger charge is -2.20. The van der Waals surface area contributed by atoms with E-state index in [0.29, 0.717) is 48.3 Å². The Bertz CT molecular complexity index is 1200. The Labute approximate surface area is 215 Å². The van der Waals surface area contributed by atoms with Crippen molar-refractivity contribution >= 4 is 41.5 Å². The number of imidazole rings is 1. The molecule has 1 aliphatic rings. The van der Waals surface area contributed by atoms with Gasteiger partial charge in [-0.1, -0.05) is 49.4 Å². The number of carbonyl (C=O) groups is 2. The first-order valence-corrected chi connectivity index (χ1v) is 12.6. The molecular formula is C25H31ClN6O2S. The molecule has 35 heavy (non-hydrogen) atoms. The highest BCUT2D eigenvalue weighted by molar-refractivity contribution is 8.06. The van der Waals surface area contributed by atoms with E-state index in [4.69, 9.17) is 16.7 Å². The van der Waals surface area contributed by atoms with Gasteiger partial charge in [0, 0.05) is 43.0 Å². The quantitative estimate of drug-likeness (QED) is 0.455. The van der Waals surface area contributed by atoms with Crippen LogP contribution in [0.4, 0.5) is 5.82 Å². The minimum atomic E-state index is -0.510. The molecule has 8 nitrogen and oxygen atoms in total. The molecular weight excluding hydrogens is 484 g/mol. The van der Waals surface area contributed by atoms with Gasteiger partial charge >= 0.3 is 0 Å². The Morgan fingerprint density at radius 3 is 2.77 bits per heavy atom. The molecule has 2 amide bonds. The summed E-state index contributed by atoms with van der Waals surface area (Å²) in [5.74, 6) is 0.939. The topological polar surface area (TPSA) is 85.1 Å². The molecule has 0 saturated heterocycles. The van der Waals surface area contributed by atoms with Crippen molar-refractivity contribution in [3.8, 4) is 11.5 Å². The van der Waals surface area contributed by atoms with Gasteiger partial charge in [-0.2, -0.15) is 5.10 Å². The highest BCUT2D eigenvalue weighted by Crippen LogP contribution is 2.32. The number of hydrogen-bond donors (Lipinski definition) is 1. The number of nitrogens with zero attached hydrogens (tertiary/aromatic N) is 5. The Kier molecular flexibility index (Phi) is 9.17. The molecule has 0 bridgehead atoms. The van der Waals surface area contributed by atoms with E-state index >= 15 is 0 Å². The predicted molar refractivity (Wildman–Crippen MR) is 143 cm³/mol. The van der Waals surface area contributed by atoms with Crippen molar-refractivity contribution in [1.29, 1.82) is 0 Å². The summed E-state index contributed by atoms with van der Waals surface area (Å²) in [6.45, 7) is 7.36. The fourth-order valence-corrected chi connectivity index (χ4v) is 4.64. The number of allylic oxidation sites excluding steroid dienone is 6. The highest BCUT2D eigenvalue weighted by atomic mass is 35.5. The average Bonchev–Trinajstić information content (AvgIpc) is 3.30. The van der Waals surface area contributed by atoms with E-state index < -0.39 is 5.91 Å². The number of anilines is 1. The molecule has 1 N–H and O–H groups in total. The summed E-state index contributed by atoms with van der Waals surface area (Å²) < 4.78 is 3.62. The van der Waals surface area contributed by atoms with Crippen LogP contribution in [0.3, 0.4) is 0 Å². The van der Waals surface area contributed by atoms with Crippen molar-refractivity contribution in [1.82, 2.24) is 24.6 Å². The van der Waals surface area contributed by atoms with E-state index in [9.17, 15) is 9.59 Å². The van der Waals surface area contributed by atoms with Gasteiger partial charge in [0.15, 0.2) is 11.6 Å². The molecule has 2 heterocycles. The van der Waals surface area contributed by atoms with Crippen molar-refractivity contribution in [2.75, 3.05) is 18.5 Å². The van der Waals surface area contributed by atoms with Gasteiger partial charge in [0.25, 0.3) is 5.91 Å². The summed E-state index contributed by atoms with van der Waals surface area (Å²) in [6, 6.07) is 0. The average molecular weight is 515 g/mol. The summed E-state index contributed by atoms with van der Waals surface area (Å²) in [6.07, 6.45) is 12.6. The minimum Gasteiger partial charge on any atom is -0.357 e. The molecule has 186 valence electrons. The third kappa shape index (κ3) is 6.76. The molecule has 2 aromatic heterocycles. The van der Waals surface area contributed by atoms with Gasteiger partial charge in [-0.05, 0) is 42.4 Å². The lowest BCUT2D eigenvalue weighted by atomic mass is 10.1. The normalized spacial score (nSPS) is 14.0. The molecule has 2 aromatic rings. The van der Waals surface area contributed by atoms with Crippen LogP contribution in [-0.4, -0.2) is 45.2 Å². The molecule has 0 aliphatic heterocycles. The first kappa shape index (κ1) is 26.6. The summed E-state index contributed by atoms with van der Waals surface area (Å²) in [5, 5.41) is 9.92. The van der Waals surface area contributed by atoms with Crippen LogP contribution >= 0.6 is 23.4 Å². The van der Waals surface area contributed by atoms with E-state index in [1.54, 1.807) is 22.6 Å². The van der Waals surface area contributed by atoms with Crippen LogP contribution in [0.5, 0.6) is 0 Å². The monoisotopic (exact) mass is 514 g/mol. The number of hydrogen-bond acceptors (Lipinski definition) is 6. The van der Waals surface area contributed by atoms with Crippen LogP contribution in [-0.2, 0) is 18.4 Å². The zero-order chi connectivity index (χ0) is 25.5. The van der Waals surface area contributed by atoms with Gasteiger partial charge in [0.2, 0.25) is 6.41 Å². The second-order valence-corrected chi connectivity index (χ2v) is 10.2. The number of nitrogens with one attached hydrogen (secondary N) is 1. The van der Waals surface area contributed by atoms with Crippen molar-refractivity contribution in [3.05, 3.63) is 63.2 Å². The summed E-state index contributed by atoms with van der Waals surface area (Å²) in [7, 11) is 3.76. The SMILES string of the molecule is C/C(=C\SC1=CCC=C(Cl)C=C1)Cn1nc(N(C)CC(C)C)c(C(=O)NC=O)c1-c1nccn1C. The van der Waals surface area contributed by atoms with E-state index in [0.717, 1.165) is 21.9 Å². The summed E-state index contributed by atoms with van der Waals surface area (Å²) in [4.78, 5) is 31.7. The second kappa shape index (κ2) is 12.1. The molecule has 10 heteroatoms. The van der Waals surface area contributed by atoms with Crippen molar-refractivity contribution in [2.45, 2.75) is 33.7 Å². The van der Waals surface area contributed by atoms with Crippen LogP contribution < -0.4 is 10.2 Å². The highest BCUT2D eigenvalue weighted by Gasteiger charge is 2.29. The van der Waals surface area contributed by atoms with Crippen molar-refractivity contribution < 1.29 is 9.59 Å². The summed E-state index contributed by atoms with van der Waals surface area (Å²) >= 11 is 7.70. The number of halogens is 1. The lowest BCUT2D eigenvalue weighted by molar-refractivity contribution is -0.108. The van der Waals surface area contributed by atoms with Gasteiger partial charge in [-0.15, -0.1) is 0 Å². The zero-order valence-electron chi connectivity index (χ0n) is 20.7. The molecule has 0 atom stereocenters. The number of thioether (sulfide) groups is 1. The van der Waals surface area contributed by atoms with E-state index in [-0.39, 0.29) is 0 Å². The van der Waals surface area contributed by atoms with Crippen molar-refractivity contribution in [2.24, 2.45) is 13.0 Å². The Hall–Kier alpha value is -3.04. The van der Waals surface area contributed by atoms with Crippen molar-refractivity contribution in [3.63, 3.8) is 0 Å². The largest absolute Gasteiger partial charge is 0.357 e. The predicted octanol–water partition coefficient (Wildman–Crippen LogP) is 4.87. The molecule has 0 radical (unpaired) electrons. The third-order valence-corrected chi connectivity index (χ3v) is 6.59. The first-order chi connectivity index (χ1) is 16.7. The lowest BCUT2D eigenvalue weighted by Crippen LogP contribution is -2.28.